The highest BCUT2D eigenvalue weighted by Gasteiger charge is 2.09. The standard InChI is InChI=1S/C20H18FN3OS/c1-13-7-8-15(14(2)11-13)17-9-10-20(24-23-17)26-12-19(25)22-18-6-4-3-5-16(18)21/h3-11H,12H2,1-2H3,(H,22,25). The molecule has 1 aromatic heterocycles. The number of thioether (sulfide) groups is 1. The third-order valence-electron chi connectivity index (χ3n) is 3.80. The van der Waals surface area contributed by atoms with Gasteiger partial charge in [0.2, 0.25) is 5.91 Å². The lowest BCUT2D eigenvalue weighted by Crippen LogP contribution is -2.15. The van der Waals surface area contributed by atoms with Gasteiger partial charge in [-0.25, -0.2) is 4.39 Å². The van der Waals surface area contributed by atoms with Gasteiger partial charge in [0, 0.05) is 5.56 Å². The molecule has 0 atom stereocenters. The maximum absolute atomic E-state index is 13.5. The molecule has 0 saturated heterocycles. The van der Waals surface area contributed by atoms with Crippen LogP contribution >= 0.6 is 11.8 Å². The zero-order valence-electron chi connectivity index (χ0n) is 14.5. The monoisotopic (exact) mass is 367 g/mol. The van der Waals surface area contributed by atoms with Crippen LogP contribution in [0, 0.1) is 19.7 Å². The maximum atomic E-state index is 13.5. The predicted octanol–water partition coefficient (Wildman–Crippen LogP) is 4.63. The van der Waals surface area contributed by atoms with Crippen LogP contribution in [0.25, 0.3) is 11.3 Å². The van der Waals surface area contributed by atoms with Gasteiger partial charge >= 0.3 is 0 Å². The van der Waals surface area contributed by atoms with Crippen molar-refractivity contribution in [2.75, 3.05) is 11.1 Å². The number of carbonyl (C=O) groups is 1. The average molecular weight is 367 g/mol. The highest BCUT2D eigenvalue weighted by molar-refractivity contribution is 7.99. The highest BCUT2D eigenvalue weighted by Crippen LogP contribution is 2.24. The van der Waals surface area contributed by atoms with Crippen molar-refractivity contribution in [3.05, 3.63) is 71.5 Å². The minimum Gasteiger partial charge on any atom is -0.323 e. The molecule has 2 aromatic carbocycles. The van der Waals surface area contributed by atoms with Crippen molar-refractivity contribution in [2.45, 2.75) is 18.9 Å². The zero-order chi connectivity index (χ0) is 18.5. The van der Waals surface area contributed by atoms with Gasteiger partial charge in [0.1, 0.15) is 10.8 Å². The van der Waals surface area contributed by atoms with E-state index in [2.05, 4.69) is 28.5 Å². The molecule has 0 spiro atoms. The Morgan fingerprint density at radius 2 is 1.88 bits per heavy atom. The quantitative estimate of drug-likeness (QED) is 0.668. The Labute approximate surface area is 155 Å². The molecular weight excluding hydrogens is 349 g/mol. The molecule has 0 unspecified atom stereocenters. The predicted molar refractivity (Wildman–Crippen MR) is 103 cm³/mol. The summed E-state index contributed by atoms with van der Waals surface area (Å²) in [5, 5.41) is 11.6. The van der Waals surface area contributed by atoms with E-state index in [1.165, 1.54) is 29.5 Å². The molecule has 6 heteroatoms. The second-order valence-electron chi connectivity index (χ2n) is 5.89. The highest BCUT2D eigenvalue weighted by atomic mass is 32.2. The van der Waals surface area contributed by atoms with Crippen LogP contribution in [0.4, 0.5) is 10.1 Å². The van der Waals surface area contributed by atoms with Crippen LogP contribution in [0.15, 0.2) is 59.6 Å². The lowest BCUT2D eigenvalue weighted by Gasteiger charge is -2.07. The number of nitrogens with zero attached hydrogens (tertiary/aromatic N) is 2. The first-order valence-corrected chi connectivity index (χ1v) is 9.10. The van der Waals surface area contributed by atoms with Crippen molar-refractivity contribution in [2.24, 2.45) is 0 Å². The lowest BCUT2D eigenvalue weighted by atomic mass is 10.0. The van der Waals surface area contributed by atoms with Crippen LogP contribution in [-0.4, -0.2) is 21.9 Å². The SMILES string of the molecule is Cc1ccc(-c2ccc(SCC(=O)Nc3ccccc3F)nn2)c(C)c1. The molecule has 1 amide bonds. The molecule has 4 nitrogen and oxygen atoms in total. The Balaban J connectivity index is 1.61. The molecule has 1 heterocycles. The van der Waals surface area contributed by atoms with Crippen LogP contribution in [0.2, 0.25) is 0 Å². The third kappa shape index (κ3) is 4.46. The molecule has 3 aromatic rings. The normalized spacial score (nSPS) is 10.6. The van der Waals surface area contributed by atoms with Gasteiger partial charge in [0.15, 0.2) is 0 Å². The Morgan fingerprint density at radius 3 is 2.58 bits per heavy atom. The van der Waals surface area contributed by atoms with Crippen molar-refractivity contribution in [3.8, 4) is 11.3 Å². The summed E-state index contributed by atoms with van der Waals surface area (Å²) in [7, 11) is 0. The molecule has 0 aliphatic heterocycles. The van der Waals surface area contributed by atoms with Crippen molar-refractivity contribution < 1.29 is 9.18 Å². The molecule has 26 heavy (non-hydrogen) atoms. The fraction of sp³-hybridized carbons (Fsp3) is 0.150. The van der Waals surface area contributed by atoms with Crippen molar-refractivity contribution in [1.29, 1.82) is 0 Å². The smallest absolute Gasteiger partial charge is 0.234 e. The third-order valence-corrected chi connectivity index (χ3v) is 4.72. The van der Waals surface area contributed by atoms with E-state index >= 15 is 0 Å². The number of anilines is 1. The number of nitrogens with one attached hydrogen (secondary N) is 1. The van der Waals surface area contributed by atoms with Gasteiger partial charge in [0.05, 0.1) is 17.1 Å². The van der Waals surface area contributed by atoms with Gasteiger partial charge in [-0.2, -0.15) is 0 Å². The fourth-order valence-electron chi connectivity index (χ4n) is 2.53. The number of halogens is 1. The summed E-state index contributed by atoms with van der Waals surface area (Å²) in [5.41, 5.74) is 4.35. The van der Waals surface area contributed by atoms with Gasteiger partial charge in [-0.1, -0.05) is 47.7 Å². The van der Waals surface area contributed by atoms with E-state index in [9.17, 15) is 9.18 Å². The summed E-state index contributed by atoms with van der Waals surface area (Å²) in [4.78, 5) is 12.0. The number of hydrogen-bond acceptors (Lipinski definition) is 4. The number of amides is 1. The molecule has 0 fully saturated rings. The summed E-state index contributed by atoms with van der Waals surface area (Å²) in [6.07, 6.45) is 0. The van der Waals surface area contributed by atoms with Gasteiger partial charge in [-0.05, 0) is 43.7 Å². The molecule has 0 aliphatic rings. The van der Waals surface area contributed by atoms with Gasteiger partial charge < -0.3 is 5.32 Å². The lowest BCUT2D eigenvalue weighted by molar-refractivity contribution is -0.113. The van der Waals surface area contributed by atoms with E-state index in [4.69, 9.17) is 0 Å². The number of hydrogen-bond donors (Lipinski definition) is 1. The summed E-state index contributed by atoms with van der Waals surface area (Å²) in [5.74, 6) is -0.616. The summed E-state index contributed by atoms with van der Waals surface area (Å²) in [6, 6.07) is 16.0. The number of para-hydroxylation sites is 1. The van der Waals surface area contributed by atoms with E-state index in [-0.39, 0.29) is 17.3 Å². The summed E-state index contributed by atoms with van der Waals surface area (Å²) < 4.78 is 13.5. The Bertz CT molecular complexity index is 929. The Hall–Kier alpha value is -2.73. The van der Waals surface area contributed by atoms with Crippen LogP contribution in [0.1, 0.15) is 11.1 Å². The van der Waals surface area contributed by atoms with Gasteiger partial charge in [-0.15, -0.1) is 10.2 Å². The summed E-state index contributed by atoms with van der Waals surface area (Å²) >= 11 is 1.26. The summed E-state index contributed by atoms with van der Waals surface area (Å²) in [6.45, 7) is 4.09. The van der Waals surface area contributed by atoms with Crippen molar-refractivity contribution in [3.63, 3.8) is 0 Å². The van der Waals surface area contributed by atoms with E-state index in [1.807, 2.05) is 31.2 Å². The molecule has 132 valence electrons. The molecule has 1 N–H and O–H groups in total. The van der Waals surface area contributed by atoms with Gasteiger partial charge in [0.25, 0.3) is 0 Å². The van der Waals surface area contributed by atoms with E-state index < -0.39 is 5.82 Å². The average Bonchev–Trinajstić information content (AvgIpc) is 2.63. The molecular formula is C20H18FN3OS. The number of aryl methyl sites for hydroxylation is 2. The topological polar surface area (TPSA) is 54.9 Å². The van der Waals surface area contributed by atoms with E-state index in [0.29, 0.717) is 5.03 Å². The number of carbonyl (C=O) groups excluding carboxylic acids is 1. The van der Waals surface area contributed by atoms with Crippen LogP contribution < -0.4 is 5.32 Å². The van der Waals surface area contributed by atoms with E-state index in [1.54, 1.807) is 12.1 Å². The number of rotatable bonds is 5. The number of aromatic nitrogens is 2. The Kier molecular flexibility index (Phi) is 5.63. The zero-order valence-corrected chi connectivity index (χ0v) is 15.3. The van der Waals surface area contributed by atoms with Gasteiger partial charge in [-0.3, -0.25) is 4.79 Å². The van der Waals surface area contributed by atoms with Crippen molar-refractivity contribution >= 4 is 23.4 Å². The molecule has 0 saturated carbocycles. The first-order valence-electron chi connectivity index (χ1n) is 8.11. The van der Waals surface area contributed by atoms with E-state index in [0.717, 1.165) is 16.8 Å². The largest absolute Gasteiger partial charge is 0.323 e. The van der Waals surface area contributed by atoms with Crippen LogP contribution in [-0.2, 0) is 4.79 Å². The van der Waals surface area contributed by atoms with Crippen LogP contribution in [0.3, 0.4) is 0 Å². The minimum atomic E-state index is -0.455. The molecule has 0 bridgehead atoms. The maximum Gasteiger partial charge on any atom is 0.234 e. The molecule has 0 radical (unpaired) electrons. The second-order valence-corrected chi connectivity index (χ2v) is 6.89. The molecule has 0 aliphatic carbocycles. The number of benzene rings is 2. The fourth-order valence-corrected chi connectivity index (χ4v) is 3.14. The Morgan fingerprint density at radius 1 is 1.08 bits per heavy atom. The second kappa shape index (κ2) is 8.10. The molecule has 3 rings (SSSR count). The first kappa shape index (κ1) is 18.1. The van der Waals surface area contributed by atoms with Crippen molar-refractivity contribution in [1.82, 2.24) is 10.2 Å². The van der Waals surface area contributed by atoms with Crippen LogP contribution in [0.5, 0.6) is 0 Å². The first-order chi connectivity index (χ1) is 12.5. The minimum absolute atomic E-state index is 0.131.